The molecule has 1 aromatic heterocycles. The van der Waals surface area contributed by atoms with Gasteiger partial charge >= 0.3 is 0 Å². The van der Waals surface area contributed by atoms with E-state index in [2.05, 4.69) is 0 Å². The summed E-state index contributed by atoms with van der Waals surface area (Å²) in [5.41, 5.74) is 1.80. The first kappa shape index (κ1) is 21.2. The molecule has 1 fully saturated rings. The number of benzene rings is 2. The number of thiophene rings is 1. The van der Waals surface area contributed by atoms with Crippen molar-refractivity contribution in [1.82, 2.24) is 0 Å². The van der Waals surface area contributed by atoms with Gasteiger partial charge in [-0.1, -0.05) is 29.8 Å². The minimum Gasteiger partial charge on any atom is -0.507 e. The van der Waals surface area contributed by atoms with E-state index in [1.165, 1.54) is 16.2 Å². The molecule has 1 saturated heterocycles. The average Bonchev–Trinajstić information content (AvgIpc) is 3.36. The van der Waals surface area contributed by atoms with E-state index < -0.39 is 17.7 Å². The monoisotopic (exact) mass is 453 g/mol. The van der Waals surface area contributed by atoms with Gasteiger partial charge in [0.05, 0.1) is 12.2 Å². The number of aliphatic hydroxyl groups is 1. The van der Waals surface area contributed by atoms with Gasteiger partial charge in [-0.2, -0.15) is 0 Å². The maximum atomic E-state index is 13.1. The van der Waals surface area contributed by atoms with Gasteiger partial charge in [0, 0.05) is 21.2 Å². The number of aryl methyl sites for hydroxylation is 1. The Balaban J connectivity index is 1.91. The first-order valence-electron chi connectivity index (χ1n) is 9.76. The van der Waals surface area contributed by atoms with E-state index in [1.807, 2.05) is 31.4 Å². The summed E-state index contributed by atoms with van der Waals surface area (Å²) in [6.07, 6.45) is 0. The summed E-state index contributed by atoms with van der Waals surface area (Å²) in [5.74, 6) is -1.08. The third-order valence-corrected chi connectivity index (χ3v) is 6.25. The number of ether oxygens (including phenoxy) is 1. The average molecular weight is 454 g/mol. The number of aliphatic hydroxyl groups excluding tert-OH is 1. The van der Waals surface area contributed by atoms with Crippen molar-refractivity contribution in [1.29, 1.82) is 0 Å². The Labute approximate surface area is 189 Å². The van der Waals surface area contributed by atoms with Crippen molar-refractivity contribution < 1.29 is 19.4 Å². The molecule has 3 aromatic rings. The maximum Gasteiger partial charge on any atom is 0.300 e. The molecule has 31 heavy (non-hydrogen) atoms. The molecule has 7 heteroatoms. The van der Waals surface area contributed by atoms with Gasteiger partial charge in [0.2, 0.25) is 0 Å². The molecule has 1 N–H and O–H groups in total. The first-order valence-corrected chi connectivity index (χ1v) is 11.0. The summed E-state index contributed by atoms with van der Waals surface area (Å²) < 4.78 is 5.52. The van der Waals surface area contributed by atoms with Crippen LogP contribution >= 0.6 is 22.9 Å². The molecule has 0 radical (unpaired) electrons. The van der Waals surface area contributed by atoms with E-state index >= 15 is 0 Å². The topological polar surface area (TPSA) is 66.8 Å². The number of hydrogen-bond donors (Lipinski definition) is 1. The molecule has 2 aromatic carbocycles. The van der Waals surface area contributed by atoms with Crippen LogP contribution in [0.15, 0.2) is 65.6 Å². The highest BCUT2D eigenvalue weighted by Crippen LogP contribution is 2.44. The zero-order valence-electron chi connectivity index (χ0n) is 17.0. The molecule has 4 rings (SSSR count). The van der Waals surface area contributed by atoms with Crippen molar-refractivity contribution >= 4 is 46.1 Å². The van der Waals surface area contributed by atoms with Crippen LogP contribution in [-0.4, -0.2) is 23.4 Å². The van der Waals surface area contributed by atoms with E-state index in [0.717, 1.165) is 10.4 Å². The van der Waals surface area contributed by atoms with Crippen LogP contribution in [0.5, 0.6) is 5.75 Å². The number of anilines is 1. The molecular formula is C24H20ClNO4S. The summed E-state index contributed by atoms with van der Waals surface area (Å²) in [7, 11) is 0. The van der Waals surface area contributed by atoms with E-state index in [0.29, 0.717) is 28.6 Å². The van der Waals surface area contributed by atoms with Crippen molar-refractivity contribution in [3.8, 4) is 5.75 Å². The highest BCUT2D eigenvalue weighted by Gasteiger charge is 2.47. The molecule has 0 aliphatic carbocycles. The molecule has 0 saturated carbocycles. The fourth-order valence-electron chi connectivity index (χ4n) is 3.74. The van der Waals surface area contributed by atoms with Crippen molar-refractivity contribution in [3.63, 3.8) is 0 Å². The summed E-state index contributed by atoms with van der Waals surface area (Å²) in [6.45, 7) is 4.17. The van der Waals surface area contributed by atoms with Crippen LogP contribution in [0.4, 0.5) is 5.69 Å². The molecule has 2 heterocycles. The molecule has 0 spiro atoms. The van der Waals surface area contributed by atoms with Crippen LogP contribution < -0.4 is 9.64 Å². The minimum absolute atomic E-state index is 0.0513. The number of hydrogen-bond acceptors (Lipinski definition) is 5. The van der Waals surface area contributed by atoms with Crippen molar-refractivity contribution in [3.05, 3.63) is 86.6 Å². The van der Waals surface area contributed by atoms with Gasteiger partial charge in [-0.25, -0.2) is 0 Å². The third-order valence-electron chi connectivity index (χ3n) is 5.09. The zero-order chi connectivity index (χ0) is 22.1. The highest BCUT2D eigenvalue weighted by atomic mass is 35.5. The van der Waals surface area contributed by atoms with E-state index in [9.17, 15) is 14.7 Å². The molecule has 1 amide bonds. The molecular weight excluding hydrogens is 434 g/mol. The van der Waals surface area contributed by atoms with Crippen molar-refractivity contribution in [2.75, 3.05) is 11.5 Å². The van der Waals surface area contributed by atoms with Gasteiger partial charge in [0.25, 0.3) is 11.7 Å². The van der Waals surface area contributed by atoms with E-state index in [4.69, 9.17) is 16.3 Å². The number of rotatable bonds is 5. The lowest BCUT2D eigenvalue weighted by Gasteiger charge is -2.25. The number of Topliss-reactive ketones (excluding diaryl/α,β-unsaturated/α-hetero) is 1. The SMILES string of the molecule is CCOc1cccc(/C(O)=C2/C(=O)C(=O)N(c3ccc(Cl)cc3C)C2c2cccs2)c1. The van der Waals surface area contributed by atoms with Crippen molar-refractivity contribution in [2.45, 2.75) is 19.9 Å². The Bertz CT molecular complexity index is 1190. The number of carbonyl (C=O) groups is 2. The summed E-state index contributed by atoms with van der Waals surface area (Å²) >= 11 is 7.51. The number of halogens is 1. The van der Waals surface area contributed by atoms with Gasteiger partial charge in [-0.15, -0.1) is 11.3 Å². The van der Waals surface area contributed by atoms with E-state index in [1.54, 1.807) is 42.5 Å². The summed E-state index contributed by atoms with van der Waals surface area (Å²) in [5, 5.41) is 13.6. The lowest BCUT2D eigenvalue weighted by atomic mass is 9.99. The van der Waals surface area contributed by atoms with Gasteiger partial charge in [0.15, 0.2) is 0 Å². The quantitative estimate of drug-likeness (QED) is 0.304. The normalized spacial score (nSPS) is 17.9. The standard InChI is InChI=1S/C24H20ClNO4S/c1-3-30-17-7-4-6-15(13-17)22(27)20-21(19-8-5-11-31-19)26(24(29)23(20)28)18-10-9-16(25)12-14(18)2/h4-13,21,27H,3H2,1-2H3/b22-20-. The predicted molar refractivity (Wildman–Crippen MR) is 123 cm³/mol. The second-order valence-electron chi connectivity index (χ2n) is 7.08. The number of nitrogens with zero attached hydrogens (tertiary/aromatic N) is 1. The van der Waals surface area contributed by atoms with Crippen LogP contribution in [0.25, 0.3) is 5.76 Å². The van der Waals surface area contributed by atoms with Crippen LogP contribution in [0.1, 0.15) is 29.0 Å². The van der Waals surface area contributed by atoms with Crippen LogP contribution in [0.3, 0.4) is 0 Å². The lowest BCUT2D eigenvalue weighted by Crippen LogP contribution is -2.29. The van der Waals surface area contributed by atoms with Gasteiger partial charge in [0.1, 0.15) is 17.6 Å². The number of carbonyl (C=O) groups excluding carboxylic acids is 2. The van der Waals surface area contributed by atoms with Crippen molar-refractivity contribution in [2.24, 2.45) is 0 Å². The Kier molecular flexibility index (Phi) is 5.85. The summed E-state index contributed by atoms with van der Waals surface area (Å²) in [4.78, 5) is 28.5. The molecule has 1 aliphatic rings. The Morgan fingerprint density at radius 2 is 1.97 bits per heavy atom. The van der Waals surface area contributed by atoms with E-state index in [-0.39, 0.29) is 11.3 Å². The largest absolute Gasteiger partial charge is 0.507 e. The van der Waals surface area contributed by atoms with Crippen LogP contribution in [0.2, 0.25) is 5.02 Å². The fraction of sp³-hybridized carbons (Fsp3) is 0.167. The molecule has 5 nitrogen and oxygen atoms in total. The van der Waals surface area contributed by atoms with Crippen LogP contribution in [0, 0.1) is 6.92 Å². The minimum atomic E-state index is -0.740. The maximum absolute atomic E-state index is 13.1. The smallest absolute Gasteiger partial charge is 0.300 e. The lowest BCUT2D eigenvalue weighted by molar-refractivity contribution is -0.132. The Morgan fingerprint density at radius 1 is 1.16 bits per heavy atom. The third kappa shape index (κ3) is 3.84. The molecule has 1 unspecified atom stereocenters. The zero-order valence-corrected chi connectivity index (χ0v) is 18.5. The second kappa shape index (κ2) is 8.57. The first-order chi connectivity index (χ1) is 14.9. The fourth-order valence-corrected chi connectivity index (χ4v) is 4.79. The Morgan fingerprint density at radius 3 is 2.65 bits per heavy atom. The van der Waals surface area contributed by atoms with Gasteiger partial charge in [-0.05, 0) is 61.2 Å². The highest BCUT2D eigenvalue weighted by molar-refractivity contribution is 7.10. The number of amides is 1. The molecule has 1 aliphatic heterocycles. The summed E-state index contributed by atoms with van der Waals surface area (Å²) in [6, 6.07) is 15.0. The van der Waals surface area contributed by atoms with Gasteiger partial charge in [-0.3, -0.25) is 14.5 Å². The van der Waals surface area contributed by atoms with Crippen LogP contribution in [-0.2, 0) is 9.59 Å². The molecule has 1 atom stereocenters. The molecule has 0 bridgehead atoms. The Hall–Kier alpha value is -3.09. The second-order valence-corrected chi connectivity index (χ2v) is 8.49. The van der Waals surface area contributed by atoms with Gasteiger partial charge < -0.3 is 9.84 Å². The molecule has 158 valence electrons. The number of ketones is 1. The predicted octanol–water partition coefficient (Wildman–Crippen LogP) is 5.73.